The van der Waals surface area contributed by atoms with Crippen LogP contribution in [0.5, 0.6) is 5.75 Å². The second kappa shape index (κ2) is 16.6. The summed E-state index contributed by atoms with van der Waals surface area (Å²) < 4.78 is 7.96. The summed E-state index contributed by atoms with van der Waals surface area (Å²) in [6.07, 6.45) is 20.2. The average molecular weight is 835 g/mol. The molecule has 1 unspecified atom stereocenters. The van der Waals surface area contributed by atoms with E-state index in [1.54, 1.807) is 0 Å². The fraction of sp³-hybridized carbons (Fsp3) is 0.553. The van der Waals surface area contributed by atoms with Gasteiger partial charge in [-0.15, -0.1) is 11.6 Å². The topological polar surface area (TPSA) is 46.7 Å². The summed E-state index contributed by atoms with van der Waals surface area (Å²) in [5.41, 5.74) is 12.0. The Morgan fingerprint density at radius 2 is 1.47 bits per heavy atom. The second-order valence-corrected chi connectivity index (χ2v) is 20.2. The summed E-state index contributed by atoms with van der Waals surface area (Å²) in [5, 5.41) is 11.4. The fourth-order valence-corrected chi connectivity index (χ4v) is 13.4. The van der Waals surface area contributed by atoms with E-state index in [9.17, 15) is 5.11 Å². The molecule has 4 bridgehead atoms. The van der Waals surface area contributed by atoms with Crippen molar-refractivity contribution in [2.24, 2.45) is 27.2 Å². The van der Waals surface area contributed by atoms with Gasteiger partial charge in [0.1, 0.15) is 5.75 Å². The maximum Gasteiger partial charge on any atom is 0.141 e. The number of halogens is 2. The van der Waals surface area contributed by atoms with Gasteiger partial charge in [0.15, 0.2) is 0 Å². The molecule has 7 aliphatic carbocycles. The van der Waals surface area contributed by atoms with E-state index in [1.165, 1.54) is 97.6 Å². The van der Waals surface area contributed by atoms with Gasteiger partial charge in [-0.3, -0.25) is 0 Å². The minimum absolute atomic E-state index is 0.00512. The molecule has 3 aromatic rings. The molecule has 0 saturated heterocycles. The molecule has 5 fully saturated rings. The largest absolute Gasteiger partial charge is 0.665 e. The molecule has 0 radical (unpaired) electrons. The molecule has 0 amide bonds. The molecule has 0 spiro atoms. The van der Waals surface area contributed by atoms with Crippen molar-refractivity contribution in [1.82, 2.24) is 4.98 Å². The maximum absolute atomic E-state index is 10.9. The number of allylic oxidation sites excluding steroid dienone is 4. The zero-order valence-electron chi connectivity index (χ0n) is 32.6. The Hall–Kier alpha value is -2.06. The Bertz CT molecular complexity index is 1860. The smallest absolute Gasteiger partial charge is 0.141 e. The average Bonchev–Trinajstić information content (AvgIpc) is 3.52. The zero-order chi connectivity index (χ0) is 37.3. The van der Waals surface area contributed by atoms with Crippen LogP contribution in [-0.4, -0.2) is 20.4 Å². The van der Waals surface area contributed by atoms with Gasteiger partial charge < -0.3 is 10.1 Å². The predicted octanol–water partition coefficient (Wildman–Crippen LogP) is 12.7. The number of aryl methyl sites for hydroxylation is 3. The van der Waals surface area contributed by atoms with Crippen LogP contribution in [0.25, 0.3) is 5.57 Å². The van der Waals surface area contributed by atoms with Crippen molar-refractivity contribution in [3.8, 4) is 5.75 Å². The van der Waals surface area contributed by atoms with Gasteiger partial charge in [0.05, 0.1) is 10.4 Å². The Labute approximate surface area is 337 Å². The van der Waals surface area contributed by atoms with Crippen molar-refractivity contribution in [3.63, 3.8) is 0 Å². The molecule has 1 aromatic heterocycles. The van der Waals surface area contributed by atoms with E-state index in [0.29, 0.717) is 10.6 Å². The number of phenolic OH excluding ortho intramolecular Hbond substituents is 1. The summed E-state index contributed by atoms with van der Waals surface area (Å²) >= 11 is 12.7. The summed E-state index contributed by atoms with van der Waals surface area (Å²) in [7, 11) is 0. The van der Waals surface area contributed by atoms with Gasteiger partial charge >= 0.3 is 143 Å². The van der Waals surface area contributed by atoms with Crippen LogP contribution < -0.4 is 4.98 Å². The van der Waals surface area contributed by atoms with Crippen LogP contribution in [-0.2, 0) is 36.2 Å². The number of benzene rings is 2. The number of rotatable bonds is 4. The van der Waals surface area contributed by atoms with Crippen molar-refractivity contribution in [2.45, 2.75) is 141 Å². The Morgan fingerprint density at radius 1 is 0.868 bits per heavy atom. The third-order valence-corrected chi connectivity index (χ3v) is 16.7. The van der Waals surface area contributed by atoms with Gasteiger partial charge in [0.25, 0.3) is 0 Å². The van der Waals surface area contributed by atoms with Gasteiger partial charge in [0, 0.05) is 11.5 Å². The van der Waals surface area contributed by atoms with E-state index in [4.69, 9.17) is 26.7 Å². The van der Waals surface area contributed by atoms with E-state index in [1.807, 2.05) is 32.0 Å². The molecule has 1 N–H and O–H groups in total. The van der Waals surface area contributed by atoms with Crippen molar-refractivity contribution in [3.05, 3.63) is 104 Å². The first kappa shape index (κ1) is 39.2. The van der Waals surface area contributed by atoms with Gasteiger partial charge in [-0.05, 0) is 85.3 Å². The molecule has 2 aromatic carbocycles. The second-order valence-electron chi connectivity index (χ2n) is 17.7. The summed E-state index contributed by atoms with van der Waals surface area (Å²) in [6, 6.07) is 16.9. The standard InChI is InChI=1S/C21H24Cl2O.C10H15N.C10H12.C6H8N.Mo/c1-12-17(22)10-13-6-2-4-8-15(13)19(12)20-16-9-5-3-7-14(16)11-18(23)21(20)24;11-10-4-7-1-8(5-10)3-9(2-7)6-10;1-10(2,3)9-7-5-4-6-8-9;1-5-3-4-6(2)7-5;/h10-12,17,24H,2-9H2,1H3;7-9H,1-6H2;1,4-8H,2-3H3;3-4H,1-2H3;/q;;;-1;/t12?,17-;;;;/m0..../s1. The maximum atomic E-state index is 10.9. The summed E-state index contributed by atoms with van der Waals surface area (Å²) in [5.74, 6) is 3.53. The molecular weight excluding hydrogens is 775 g/mol. The molecular formula is C47H59Cl2MoN2O-. The fourth-order valence-electron chi connectivity index (χ4n) is 10.7. The quantitative estimate of drug-likeness (QED) is 0.210. The molecule has 3 nitrogen and oxygen atoms in total. The molecule has 284 valence electrons. The molecule has 1 heterocycles. The first-order chi connectivity index (χ1) is 25.4. The number of alkyl halides is 1. The van der Waals surface area contributed by atoms with Crippen LogP contribution in [0, 0.1) is 37.5 Å². The van der Waals surface area contributed by atoms with Crippen molar-refractivity contribution >= 4 is 33.2 Å². The number of nitrogens with zero attached hydrogens (tertiary/aromatic N) is 2. The number of hydrogen-bond donors (Lipinski definition) is 1. The Morgan fingerprint density at radius 3 is 2.09 bits per heavy atom. The van der Waals surface area contributed by atoms with Crippen LogP contribution >= 0.6 is 23.2 Å². The van der Waals surface area contributed by atoms with Gasteiger partial charge in [-0.1, -0.05) is 50.6 Å². The van der Waals surface area contributed by atoms with E-state index in [0.717, 1.165) is 60.4 Å². The van der Waals surface area contributed by atoms with Crippen molar-refractivity contribution in [2.75, 3.05) is 0 Å². The van der Waals surface area contributed by atoms with E-state index in [2.05, 4.69) is 66.6 Å². The molecule has 7 aliphatic rings. The Kier molecular flexibility index (Phi) is 12.3. The van der Waals surface area contributed by atoms with E-state index >= 15 is 0 Å². The van der Waals surface area contributed by atoms with Gasteiger partial charge in [-0.2, -0.15) is 11.4 Å². The molecule has 6 heteroatoms. The van der Waals surface area contributed by atoms with Crippen LogP contribution in [0.1, 0.15) is 131 Å². The monoisotopic (exact) mass is 835 g/mol. The number of hydrogen-bond acceptors (Lipinski definition) is 2. The minimum atomic E-state index is -0.353. The number of aromatic nitrogens is 1. The third kappa shape index (κ3) is 8.84. The number of aromatic hydroxyl groups is 1. The zero-order valence-corrected chi connectivity index (χ0v) is 36.1. The Balaban J connectivity index is 0.000000139. The molecule has 2 atom stereocenters. The van der Waals surface area contributed by atoms with Crippen LogP contribution in [0.3, 0.4) is 0 Å². The normalized spacial score (nSPS) is 28.4. The van der Waals surface area contributed by atoms with Crippen LogP contribution in [0.2, 0.25) is 5.02 Å². The SMILES string of the molecule is CC(C)([CH]=[Mo]=[N]C12CC3CC(CC(C3)C1)C2)c1ccccc1.CC1C(c2c(O)c(Cl)cc3c2CCCC3)=C2CCCCC2=C[C@@H]1Cl.Cc1ccc(C)[n-]1. The first-order valence-corrected chi connectivity index (χ1v) is 23.2. The minimum Gasteiger partial charge on any atom is -0.665 e. The molecule has 10 rings (SSSR count). The summed E-state index contributed by atoms with van der Waals surface area (Å²) in [6.45, 7) is 10.9. The molecule has 0 aliphatic heterocycles. The molecule has 5 saturated carbocycles. The number of fused-ring (bicyclic) bond motifs is 2. The van der Waals surface area contributed by atoms with Crippen molar-refractivity contribution < 1.29 is 23.0 Å². The van der Waals surface area contributed by atoms with Gasteiger partial charge in [0.2, 0.25) is 0 Å². The van der Waals surface area contributed by atoms with Crippen molar-refractivity contribution in [1.29, 1.82) is 0 Å². The van der Waals surface area contributed by atoms with Crippen LogP contribution in [0.15, 0.2) is 69.2 Å². The van der Waals surface area contributed by atoms with Gasteiger partial charge in [-0.25, -0.2) is 0 Å². The first-order valence-electron chi connectivity index (χ1n) is 20.4. The van der Waals surface area contributed by atoms with E-state index in [-0.39, 0.29) is 40.4 Å². The third-order valence-electron chi connectivity index (χ3n) is 13.0. The molecule has 53 heavy (non-hydrogen) atoms. The van der Waals surface area contributed by atoms with E-state index < -0.39 is 0 Å². The number of phenols is 1. The summed E-state index contributed by atoms with van der Waals surface area (Å²) in [4.78, 5) is 4.11. The predicted molar refractivity (Wildman–Crippen MR) is 220 cm³/mol. The van der Waals surface area contributed by atoms with Crippen LogP contribution in [0.4, 0.5) is 0 Å².